The molecule has 0 spiro atoms. The molecular weight excluding hydrogens is 162 g/mol. The van der Waals surface area contributed by atoms with Gasteiger partial charge in [-0.3, -0.25) is 0 Å². The molecule has 2 nitrogen and oxygen atoms in total. The quantitative estimate of drug-likeness (QED) is 0.705. The highest BCUT2D eigenvalue weighted by Crippen LogP contribution is 2.29. The van der Waals surface area contributed by atoms with Gasteiger partial charge in [-0.25, -0.2) is 0 Å². The fourth-order valence-electron chi connectivity index (χ4n) is 2.64. The molecule has 0 amide bonds. The smallest absolute Gasteiger partial charge is 0.0576 e. The zero-order valence-corrected chi connectivity index (χ0v) is 8.59. The van der Waals surface area contributed by atoms with Crippen molar-refractivity contribution in [3.63, 3.8) is 0 Å². The van der Waals surface area contributed by atoms with Crippen molar-refractivity contribution in [2.24, 2.45) is 11.8 Å². The maximum atomic E-state index is 5.59. The summed E-state index contributed by atoms with van der Waals surface area (Å²) in [4.78, 5) is 0. The molecule has 0 bridgehead atoms. The number of ether oxygens (including phenoxy) is 1. The molecule has 2 saturated heterocycles. The van der Waals surface area contributed by atoms with Crippen molar-refractivity contribution in [1.82, 2.24) is 5.32 Å². The first-order chi connectivity index (χ1) is 6.36. The molecule has 0 saturated carbocycles. The van der Waals surface area contributed by atoms with E-state index in [2.05, 4.69) is 12.2 Å². The molecule has 0 aromatic carbocycles. The van der Waals surface area contributed by atoms with Gasteiger partial charge in [0.2, 0.25) is 0 Å². The van der Waals surface area contributed by atoms with Gasteiger partial charge in [-0.2, -0.15) is 0 Å². The van der Waals surface area contributed by atoms with E-state index in [4.69, 9.17) is 4.74 Å². The van der Waals surface area contributed by atoms with Crippen molar-refractivity contribution in [3.05, 3.63) is 0 Å². The fraction of sp³-hybridized carbons (Fsp3) is 1.00. The zero-order valence-electron chi connectivity index (χ0n) is 8.59. The molecule has 3 atom stereocenters. The zero-order chi connectivity index (χ0) is 9.10. The van der Waals surface area contributed by atoms with Gasteiger partial charge in [-0.1, -0.05) is 0 Å². The number of rotatable bonds is 2. The molecule has 2 fully saturated rings. The summed E-state index contributed by atoms with van der Waals surface area (Å²) in [6.45, 7) is 5.69. The summed E-state index contributed by atoms with van der Waals surface area (Å²) in [5.74, 6) is 1.76. The molecule has 0 radical (unpaired) electrons. The average molecular weight is 183 g/mol. The van der Waals surface area contributed by atoms with Crippen LogP contribution in [-0.2, 0) is 4.74 Å². The summed E-state index contributed by atoms with van der Waals surface area (Å²) in [6.07, 6.45) is 5.98. The van der Waals surface area contributed by atoms with Crippen LogP contribution in [0.4, 0.5) is 0 Å². The maximum absolute atomic E-state index is 5.59. The van der Waals surface area contributed by atoms with Gasteiger partial charge < -0.3 is 10.1 Å². The highest BCUT2D eigenvalue weighted by atomic mass is 16.5. The number of hydrogen-bond acceptors (Lipinski definition) is 2. The molecule has 2 heterocycles. The monoisotopic (exact) mass is 183 g/mol. The lowest BCUT2D eigenvalue weighted by Crippen LogP contribution is -2.31. The van der Waals surface area contributed by atoms with E-state index >= 15 is 0 Å². The summed E-state index contributed by atoms with van der Waals surface area (Å²) in [5.41, 5.74) is 0. The normalized spacial score (nSPS) is 40.8. The third-order valence-corrected chi connectivity index (χ3v) is 3.57. The Balaban J connectivity index is 1.75. The molecule has 2 rings (SSSR count). The molecule has 0 aromatic heterocycles. The van der Waals surface area contributed by atoms with E-state index < -0.39 is 0 Å². The van der Waals surface area contributed by atoms with Crippen LogP contribution in [0, 0.1) is 11.8 Å². The predicted octanol–water partition coefficient (Wildman–Crippen LogP) is 1.80. The van der Waals surface area contributed by atoms with E-state index in [1.54, 1.807) is 0 Å². The maximum Gasteiger partial charge on any atom is 0.0576 e. The average Bonchev–Trinajstić information content (AvgIpc) is 2.54. The van der Waals surface area contributed by atoms with Crippen LogP contribution in [0.3, 0.4) is 0 Å². The molecule has 13 heavy (non-hydrogen) atoms. The Kier molecular flexibility index (Phi) is 3.23. The molecule has 2 aliphatic rings. The second-order valence-electron chi connectivity index (χ2n) is 4.57. The van der Waals surface area contributed by atoms with Crippen LogP contribution in [0.5, 0.6) is 0 Å². The molecule has 3 unspecified atom stereocenters. The molecular formula is C11H21NO. The predicted molar refractivity (Wildman–Crippen MR) is 53.7 cm³/mol. The Morgan fingerprint density at radius 1 is 1.38 bits per heavy atom. The van der Waals surface area contributed by atoms with E-state index in [0.717, 1.165) is 18.4 Å². The summed E-state index contributed by atoms with van der Waals surface area (Å²) in [5, 5.41) is 3.48. The first-order valence-corrected chi connectivity index (χ1v) is 5.68. The van der Waals surface area contributed by atoms with Crippen LogP contribution in [0.15, 0.2) is 0 Å². The minimum absolute atomic E-state index is 0.516. The van der Waals surface area contributed by atoms with Crippen molar-refractivity contribution in [2.45, 2.75) is 38.7 Å². The SMILES string of the molecule is CC1OCCC1CC1CCCNC1. The second-order valence-corrected chi connectivity index (χ2v) is 4.57. The van der Waals surface area contributed by atoms with Crippen LogP contribution in [0.25, 0.3) is 0 Å². The largest absolute Gasteiger partial charge is 0.378 e. The van der Waals surface area contributed by atoms with Crippen molar-refractivity contribution in [2.75, 3.05) is 19.7 Å². The van der Waals surface area contributed by atoms with Gasteiger partial charge in [0.1, 0.15) is 0 Å². The second kappa shape index (κ2) is 4.43. The van der Waals surface area contributed by atoms with Gasteiger partial charge in [-0.15, -0.1) is 0 Å². The summed E-state index contributed by atoms with van der Waals surface area (Å²) >= 11 is 0. The van der Waals surface area contributed by atoms with Gasteiger partial charge in [0.05, 0.1) is 6.10 Å². The molecule has 0 aliphatic carbocycles. The lowest BCUT2D eigenvalue weighted by Gasteiger charge is -2.26. The Morgan fingerprint density at radius 3 is 2.92 bits per heavy atom. The van der Waals surface area contributed by atoms with Crippen molar-refractivity contribution < 1.29 is 4.74 Å². The molecule has 2 aliphatic heterocycles. The summed E-state index contributed by atoms with van der Waals surface area (Å²) < 4.78 is 5.59. The van der Waals surface area contributed by atoms with Gasteiger partial charge in [0.15, 0.2) is 0 Å². The molecule has 76 valence electrons. The van der Waals surface area contributed by atoms with Gasteiger partial charge >= 0.3 is 0 Å². The number of piperidine rings is 1. The van der Waals surface area contributed by atoms with Crippen LogP contribution in [0.1, 0.15) is 32.6 Å². The topological polar surface area (TPSA) is 21.3 Å². The molecule has 1 N–H and O–H groups in total. The summed E-state index contributed by atoms with van der Waals surface area (Å²) in [7, 11) is 0. The van der Waals surface area contributed by atoms with Crippen LogP contribution in [0.2, 0.25) is 0 Å². The van der Waals surface area contributed by atoms with E-state index in [0.29, 0.717) is 6.10 Å². The minimum Gasteiger partial charge on any atom is -0.378 e. The summed E-state index contributed by atoms with van der Waals surface area (Å²) in [6, 6.07) is 0. The first kappa shape index (κ1) is 9.47. The number of nitrogens with one attached hydrogen (secondary N) is 1. The highest BCUT2D eigenvalue weighted by molar-refractivity contribution is 4.78. The lowest BCUT2D eigenvalue weighted by molar-refractivity contribution is 0.0976. The van der Waals surface area contributed by atoms with Crippen molar-refractivity contribution in [3.8, 4) is 0 Å². The van der Waals surface area contributed by atoms with Gasteiger partial charge in [0.25, 0.3) is 0 Å². The molecule has 0 aromatic rings. The van der Waals surface area contributed by atoms with E-state index in [1.165, 1.54) is 38.8 Å². The molecule has 2 heteroatoms. The highest BCUT2D eigenvalue weighted by Gasteiger charge is 2.27. The Hall–Kier alpha value is -0.0800. The van der Waals surface area contributed by atoms with Crippen molar-refractivity contribution in [1.29, 1.82) is 0 Å². The van der Waals surface area contributed by atoms with Crippen LogP contribution < -0.4 is 5.32 Å². The lowest BCUT2D eigenvalue weighted by atomic mass is 9.86. The van der Waals surface area contributed by atoms with E-state index in [-0.39, 0.29) is 0 Å². The first-order valence-electron chi connectivity index (χ1n) is 5.68. The van der Waals surface area contributed by atoms with Crippen LogP contribution >= 0.6 is 0 Å². The van der Waals surface area contributed by atoms with E-state index in [1.807, 2.05) is 0 Å². The third kappa shape index (κ3) is 2.44. The van der Waals surface area contributed by atoms with Gasteiger partial charge in [0, 0.05) is 6.61 Å². The Labute approximate surface area is 81.0 Å². The van der Waals surface area contributed by atoms with Crippen LogP contribution in [-0.4, -0.2) is 25.8 Å². The minimum atomic E-state index is 0.516. The third-order valence-electron chi connectivity index (χ3n) is 3.57. The number of hydrogen-bond donors (Lipinski definition) is 1. The Morgan fingerprint density at radius 2 is 2.31 bits per heavy atom. The standard InChI is InChI=1S/C11H21NO/c1-9-11(4-6-13-9)7-10-3-2-5-12-8-10/h9-12H,2-8H2,1H3. The Bertz CT molecular complexity index is 154. The van der Waals surface area contributed by atoms with Gasteiger partial charge in [-0.05, 0) is 57.5 Å². The van der Waals surface area contributed by atoms with E-state index in [9.17, 15) is 0 Å². The fourth-order valence-corrected chi connectivity index (χ4v) is 2.64. The van der Waals surface area contributed by atoms with Crippen molar-refractivity contribution >= 4 is 0 Å².